The van der Waals surface area contributed by atoms with Crippen molar-refractivity contribution in [2.75, 3.05) is 31.1 Å². The fourth-order valence-electron chi connectivity index (χ4n) is 5.18. The molecule has 0 saturated carbocycles. The van der Waals surface area contributed by atoms with Gasteiger partial charge in [0.1, 0.15) is 17.9 Å². The molecule has 31 heavy (non-hydrogen) atoms. The van der Waals surface area contributed by atoms with E-state index in [1.165, 1.54) is 0 Å². The highest BCUT2D eigenvalue weighted by Crippen LogP contribution is 2.40. The molecule has 0 bridgehead atoms. The van der Waals surface area contributed by atoms with E-state index in [0.717, 1.165) is 79.1 Å². The number of rotatable bonds is 4. The molecule has 0 N–H and O–H groups in total. The maximum Gasteiger partial charge on any atom is 0.260 e. The van der Waals surface area contributed by atoms with E-state index >= 15 is 0 Å². The molecule has 2 aliphatic rings. The zero-order chi connectivity index (χ0) is 21.3. The summed E-state index contributed by atoms with van der Waals surface area (Å²) in [5, 5.41) is 2.08. The lowest BCUT2D eigenvalue weighted by atomic mass is 9.87. The van der Waals surface area contributed by atoms with Gasteiger partial charge in [-0.25, -0.2) is 9.97 Å². The van der Waals surface area contributed by atoms with Gasteiger partial charge in [0.2, 0.25) is 0 Å². The SMILES string of the molecule is Cc1ccccc1OCC(=O)N1CCC[C@]12CCCN(c1ncnc3ccsc13)CC2. The van der Waals surface area contributed by atoms with Crippen LogP contribution >= 0.6 is 11.3 Å². The number of carbonyl (C=O) groups excluding carboxylic acids is 1. The van der Waals surface area contributed by atoms with E-state index in [9.17, 15) is 4.79 Å². The lowest BCUT2D eigenvalue weighted by Crippen LogP contribution is -2.49. The zero-order valence-corrected chi connectivity index (χ0v) is 18.7. The minimum Gasteiger partial charge on any atom is -0.484 e. The highest BCUT2D eigenvalue weighted by molar-refractivity contribution is 7.17. The number of nitrogens with zero attached hydrogens (tertiary/aromatic N) is 4. The normalized spacial score (nSPS) is 21.6. The van der Waals surface area contributed by atoms with Crippen LogP contribution < -0.4 is 9.64 Å². The van der Waals surface area contributed by atoms with Gasteiger partial charge in [-0.1, -0.05) is 18.2 Å². The number of carbonyl (C=O) groups is 1. The quantitative estimate of drug-likeness (QED) is 0.606. The second kappa shape index (κ2) is 8.46. The molecule has 1 amide bonds. The Morgan fingerprint density at radius 1 is 1.10 bits per heavy atom. The summed E-state index contributed by atoms with van der Waals surface area (Å²) in [5.74, 6) is 1.94. The average Bonchev–Trinajstić information content (AvgIpc) is 3.37. The lowest BCUT2D eigenvalue weighted by Gasteiger charge is -2.38. The first-order chi connectivity index (χ1) is 15.2. The molecule has 1 spiro atoms. The van der Waals surface area contributed by atoms with Gasteiger partial charge in [0, 0.05) is 25.2 Å². The standard InChI is InChI=1S/C24H28N4O2S/c1-18-6-2-3-7-20(18)30-16-21(29)28-13-5-10-24(28)9-4-12-27(14-11-24)23-22-19(8-15-31-22)25-17-26-23/h2-3,6-8,15,17H,4-5,9-14,16H2,1H3/t24-/m0/s1. The Kier molecular flexibility index (Phi) is 5.52. The smallest absolute Gasteiger partial charge is 0.260 e. The molecule has 0 aliphatic carbocycles. The molecule has 0 radical (unpaired) electrons. The van der Waals surface area contributed by atoms with E-state index in [1.54, 1.807) is 17.7 Å². The molecule has 1 atom stereocenters. The number of hydrogen-bond donors (Lipinski definition) is 0. The predicted octanol–water partition coefficient (Wildman–Crippen LogP) is 4.43. The minimum absolute atomic E-state index is 0.0531. The average molecular weight is 437 g/mol. The highest BCUT2D eigenvalue weighted by Gasteiger charge is 2.44. The lowest BCUT2D eigenvalue weighted by molar-refractivity contribution is -0.138. The van der Waals surface area contributed by atoms with Crippen molar-refractivity contribution in [1.29, 1.82) is 0 Å². The van der Waals surface area contributed by atoms with Crippen LogP contribution in [0.4, 0.5) is 5.82 Å². The van der Waals surface area contributed by atoms with Gasteiger partial charge < -0.3 is 14.5 Å². The number of amides is 1. The molecule has 2 aliphatic heterocycles. The summed E-state index contributed by atoms with van der Waals surface area (Å²) in [4.78, 5) is 26.7. The Hall–Kier alpha value is -2.67. The molecule has 162 valence electrons. The van der Waals surface area contributed by atoms with Gasteiger partial charge in [-0.15, -0.1) is 11.3 Å². The van der Waals surface area contributed by atoms with Crippen LogP contribution in [0.2, 0.25) is 0 Å². The summed E-state index contributed by atoms with van der Waals surface area (Å²) in [6, 6.07) is 9.92. The fourth-order valence-corrected chi connectivity index (χ4v) is 6.04. The number of aromatic nitrogens is 2. The van der Waals surface area contributed by atoms with Crippen LogP contribution in [0, 0.1) is 6.92 Å². The van der Waals surface area contributed by atoms with Crippen molar-refractivity contribution in [2.45, 2.75) is 44.6 Å². The molecule has 5 rings (SSSR count). The largest absolute Gasteiger partial charge is 0.484 e. The summed E-state index contributed by atoms with van der Waals surface area (Å²) in [6.07, 6.45) is 6.88. The number of benzene rings is 1. The van der Waals surface area contributed by atoms with Crippen molar-refractivity contribution < 1.29 is 9.53 Å². The fraction of sp³-hybridized carbons (Fsp3) is 0.458. The van der Waals surface area contributed by atoms with Crippen molar-refractivity contribution in [1.82, 2.24) is 14.9 Å². The molecular formula is C24H28N4O2S. The number of likely N-dealkylation sites (tertiary alicyclic amines) is 1. The number of para-hydroxylation sites is 1. The Balaban J connectivity index is 1.29. The van der Waals surface area contributed by atoms with E-state index in [-0.39, 0.29) is 18.1 Å². The third-order valence-corrected chi connectivity index (χ3v) is 7.68. The molecule has 0 unspecified atom stereocenters. The van der Waals surface area contributed by atoms with Gasteiger partial charge in [-0.05, 0) is 62.1 Å². The molecule has 2 aromatic heterocycles. The van der Waals surface area contributed by atoms with Gasteiger partial charge in [0.15, 0.2) is 6.61 Å². The Bertz CT molecular complexity index is 1080. The Morgan fingerprint density at radius 3 is 2.81 bits per heavy atom. The molecule has 1 aromatic carbocycles. The van der Waals surface area contributed by atoms with Crippen LogP contribution in [0.25, 0.3) is 10.2 Å². The van der Waals surface area contributed by atoms with E-state index in [2.05, 4.69) is 31.2 Å². The van der Waals surface area contributed by atoms with Crippen LogP contribution in [-0.4, -0.2) is 52.6 Å². The number of fused-ring (bicyclic) bond motifs is 1. The summed E-state index contributed by atoms with van der Waals surface area (Å²) in [7, 11) is 0. The van der Waals surface area contributed by atoms with Gasteiger partial charge in [-0.2, -0.15) is 0 Å². The first-order valence-corrected chi connectivity index (χ1v) is 12.0. The molecule has 3 aromatic rings. The molecule has 2 saturated heterocycles. The first-order valence-electron chi connectivity index (χ1n) is 11.1. The van der Waals surface area contributed by atoms with Crippen LogP contribution in [0.5, 0.6) is 5.75 Å². The van der Waals surface area contributed by atoms with Gasteiger partial charge >= 0.3 is 0 Å². The number of ether oxygens (including phenoxy) is 1. The van der Waals surface area contributed by atoms with Crippen molar-refractivity contribution >= 4 is 33.3 Å². The Labute approximate surface area is 186 Å². The van der Waals surface area contributed by atoms with Gasteiger partial charge in [-0.3, -0.25) is 4.79 Å². The monoisotopic (exact) mass is 436 g/mol. The van der Waals surface area contributed by atoms with Crippen molar-refractivity contribution in [3.63, 3.8) is 0 Å². The third-order valence-electron chi connectivity index (χ3n) is 6.78. The maximum absolute atomic E-state index is 13.2. The first kappa shape index (κ1) is 20.2. The number of thiophene rings is 1. The summed E-state index contributed by atoms with van der Waals surface area (Å²) in [6.45, 7) is 4.82. The highest BCUT2D eigenvalue weighted by atomic mass is 32.1. The molecular weight excluding hydrogens is 408 g/mol. The Morgan fingerprint density at radius 2 is 1.94 bits per heavy atom. The van der Waals surface area contributed by atoms with Crippen molar-refractivity contribution in [3.8, 4) is 5.75 Å². The zero-order valence-electron chi connectivity index (χ0n) is 17.9. The van der Waals surface area contributed by atoms with E-state index in [1.807, 2.05) is 31.2 Å². The predicted molar refractivity (Wildman–Crippen MR) is 124 cm³/mol. The minimum atomic E-state index is -0.0531. The summed E-state index contributed by atoms with van der Waals surface area (Å²) in [5.41, 5.74) is 2.02. The van der Waals surface area contributed by atoms with Gasteiger partial charge in [0.05, 0.1) is 10.2 Å². The van der Waals surface area contributed by atoms with Crippen LogP contribution in [0.1, 0.15) is 37.7 Å². The van der Waals surface area contributed by atoms with Crippen LogP contribution in [-0.2, 0) is 4.79 Å². The molecule has 7 heteroatoms. The number of aryl methyl sites for hydroxylation is 1. The van der Waals surface area contributed by atoms with Crippen molar-refractivity contribution in [3.05, 3.63) is 47.6 Å². The number of anilines is 1. The second-order valence-electron chi connectivity index (χ2n) is 8.60. The number of hydrogen-bond acceptors (Lipinski definition) is 6. The summed E-state index contributed by atoms with van der Waals surface area (Å²) >= 11 is 1.70. The topological polar surface area (TPSA) is 58.6 Å². The van der Waals surface area contributed by atoms with Crippen LogP contribution in [0.3, 0.4) is 0 Å². The maximum atomic E-state index is 13.2. The molecule has 6 nitrogen and oxygen atoms in total. The van der Waals surface area contributed by atoms with Crippen molar-refractivity contribution in [2.24, 2.45) is 0 Å². The molecule has 4 heterocycles. The van der Waals surface area contributed by atoms with E-state index in [4.69, 9.17) is 4.74 Å². The molecule has 2 fully saturated rings. The van der Waals surface area contributed by atoms with E-state index < -0.39 is 0 Å². The third kappa shape index (κ3) is 3.87. The summed E-state index contributed by atoms with van der Waals surface area (Å²) < 4.78 is 7.05. The van der Waals surface area contributed by atoms with Crippen LogP contribution in [0.15, 0.2) is 42.0 Å². The second-order valence-corrected chi connectivity index (χ2v) is 9.52. The van der Waals surface area contributed by atoms with Gasteiger partial charge in [0.25, 0.3) is 5.91 Å². The van der Waals surface area contributed by atoms with E-state index in [0.29, 0.717) is 0 Å².